The van der Waals surface area contributed by atoms with E-state index in [9.17, 15) is 18.3 Å². The van der Waals surface area contributed by atoms with Crippen molar-refractivity contribution >= 4 is 44.7 Å². The number of furan rings is 1. The minimum absolute atomic E-state index is 0.135. The average molecular weight is 535 g/mol. The van der Waals surface area contributed by atoms with Crippen LogP contribution in [0.5, 0.6) is 0 Å². The van der Waals surface area contributed by atoms with E-state index >= 15 is 0 Å². The number of anilines is 2. The van der Waals surface area contributed by atoms with E-state index in [1.54, 1.807) is 60.8 Å². The number of carboxylic acids is 1. The number of thiocarbonyl (C=S) groups is 1. The predicted octanol–water partition coefficient (Wildman–Crippen LogP) is 4.59. The number of aromatic nitrogens is 1. The van der Waals surface area contributed by atoms with Crippen molar-refractivity contribution in [1.82, 2.24) is 10.3 Å². The molecule has 4 aromatic rings. The van der Waals surface area contributed by atoms with E-state index in [0.29, 0.717) is 33.6 Å². The van der Waals surface area contributed by atoms with Crippen molar-refractivity contribution in [3.8, 4) is 11.3 Å². The summed E-state index contributed by atoms with van der Waals surface area (Å²) >= 11 is 5.71. The van der Waals surface area contributed by atoms with Crippen LogP contribution in [0.2, 0.25) is 0 Å². The number of sulfonamides is 1. The predicted molar refractivity (Wildman–Crippen MR) is 144 cm³/mol. The fourth-order valence-corrected chi connectivity index (χ4v) is 5.28. The highest BCUT2D eigenvalue weighted by Gasteiger charge is 2.42. The second-order valence-electron chi connectivity index (χ2n) is 8.47. The van der Waals surface area contributed by atoms with Gasteiger partial charge in [0.1, 0.15) is 17.6 Å². The van der Waals surface area contributed by atoms with Crippen molar-refractivity contribution in [3.63, 3.8) is 0 Å². The third-order valence-corrected chi connectivity index (χ3v) is 6.81. The number of aromatic carboxylic acids is 1. The number of benzene rings is 2. The minimum atomic E-state index is -3.42. The van der Waals surface area contributed by atoms with E-state index in [-0.39, 0.29) is 11.6 Å². The normalized spacial score (nSPS) is 17.4. The Hall–Kier alpha value is -4.22. The molecule has 1 aliphatic heterocycles. The number of nitrogens with one attached hydrogen (secondary N) is 2. The minimum Gasteiger partial charge on any atom is -0.478 e. The molecule has 1 fully saturated rings. The maximum atomic E-state index is 11.8. The zero-order valence-electron chi connectivity index (χ0n) is 19.5. The number of rotatable bonds is 7. The van der Waals surface area contributed by atoms with Gasteiger partial charge in [0.05, 0.1) is 23.6 Å². The van der Waals surface area contributed by atoms with E-state index < -0.39 is 22.0 Å². The Kier molecular flexibility index (Phi) is 6.40. The molecule has 1 aliphatic rings. The second-order valence-corrected chi connectivity index (χ2v) is 10.6. The van der Waals surface area contributed by atoms with Crippen molar-refractivity contribution in [2.24, 2.45) is 0 Å². The van der Waals surface area contributed by atoms with Gasteiger partial charge in [-0.05, 0) is 66.8 Å². The summed E-state index contributed by atoms with van der Waals surface area (Å²) in [7, 11) is -3.42. The SMILES string of the molecule is CS(=O)(=O)Nc1ccc(N2C(=S)N[C@@H](c3ccccn3)[C@H]2c2ccc(-c3ccccc3C(=O)O)o2)cc1. The summed E-state index contributed by atoms with van der Waals surface area (Å²) in [6.45, 7) is 0. The van der Waals surface area contributed by atoms with Crippen LogP contribution in [0.25, 0.3) is 11.3 Å². The van der Waals surface area contributed by atoms with E-state index in [1.807, 2.05) is 23.1 Å². The molecule has 5 rings (SSSR count). The Balaban J connectivity index is 1.57. The number of carbonyl (C=O) groups is 1. The van der Waals surface area contributed by atoms with Crippen LogP contribution in [0.3, 0.4) is 0 Å². The number of carboxylic acid groups (broad SMARTS) is 1. The molecule has 11 heteroatoms. The molecule has 3 N–H and O–H groups in total. The van der Waals surface area contributed by atoms with E-state index in [2.05, 4.69) is 15.0 Å². The molecule has 2 aromatic heterocycles. The molecular weight excluding hydrogens is 512 g/mol. The Labute approximate surface area is 218 Å². The quantitative estimate of drug-likeness (QED) is 0.292. The van der Waals surface area contributed by atoms with Gasteiger partial charge in [-0.25, -0.2) is 13.2 Å². The fraction of sp³-hybridized carbons (Fsp3) is 0.115. The van der Waals surface area contributed by atoms with Crippen LogP contribution < -0.4 is 14.9 Å². The van der Waals surface area contributed by atoms with Gasteiger partial charge in [-0.1, -0.05) is 24.3 Å². The number of hydrogen-bond acceptors (Lipinski definition) is 6. The standard InChI is InChI=1S/C26H22N4O5S2/c1-37(33,34)29-16-9-11-17(12-10-16)30-24(23(28-26(30)36)20-8-4-5-15-27-20)22-14-13-21(35-22)18-6-2-3-7-19(18)25(31)32/h2-15,23-24,29H,1H3,(H,28,36)(H,31,32)/t23-,24+/m0/s1. The van der Waals surface area contributed by atoms with E-state index in [0.717, 1.165) is 11.9 Å². The van der Waals surface area contributed by atoms with Crippen molar-refractivity contribution in [2.45, 2.75) is 12.1 Å². The summed E-state index contributed by atoms with van der Waals surface area (Å²) in [5.74, 6) is -0.0807. The molecule has 0 bridgehead atoms. The Bertz CT molecular complexity index is 1570. The molecule has 2 aromatic carbocycles. The molecule has 37 heavy (non-hydrogen) atoms. The van der Waals surface area contributed by atoms with Crippen molar-refractivity contribution in [2.75, 3.05) is 15.9 Å². The van der Waals surface area contributed by atoms with Crippen molar-refractivity contribution in [1.29, 1.82) is 0 Å². The van der Waals surface area contributed by atoms with E-state index in [4.69, 9.17) is 16.6 Å². The first kappa shape index (κ1) is 24.5. The lowest BCUT2D eigenvalue weighted by atomic mass is 10.0. The monoisotopic (exact) mass is 534 g/mol. The summed E-state index contributed by atoms with van der Waals surface area (Å²) in [6, 6.07) is 21.8. The largest absolute Gasteiger partial charge is 0.478 e. The number of nitrogens with zero attached hydrogens (tertiary/aromatic N) is 2. The molecule has 0 saturated carbocycles. The fourth-order valence-electron chi connectivity index (χ4n) is 4.37. The molecule has 0 aliphatic carbocycles. The molecule has 188 valence electrons. The van der Waals surface area contributed by atoms with Crippen LogP contribution in [0.4, 0.5) is 11.4 Å². The summed E-state index contributed by atoms with van der Waals surface area (Å²) < 4.78 is 31.9. The van der Waals surface area contributed by atoms with Crippen molar-refractivity contribution in [3.05, 3.63) is 102 Å². The van der Waals surface area contributed by atoms with Crippen LogP contribution in [-0.2, 0) is 10.0 Å². The first-order valence-electron chi connectivity index (χ1n) is 11.2. The number of pyridine rings is 1. The van der Waals surface area contributed by atoms with Gasteiger partial charge in [0.25, 0.3) is 0 Å². The second kappa shape index (κ2) is 9.68. The summed E-state index contributed by atoms with van der Waals surface area (Å²) in [6.07, 6.45) is 2.78. The van der Waals surface area contributed by atoms with Gasteiger partial charge in [-0.3, -0.25) is 9.71 Å². The zero-order chi connectivity index (χ0) is 26.2. The topological polar surface area (TPSA) is 125 Å². The lowest BCUT2D eigenvalue weighted by molar-refractivity contribution is 0.0697. The van der Waals surface area contributed by atoms with Gasteiger partial charge in [0.15, 0.2) is 5.11 Å². The van der Waals surface area contributed by atoms with Gasteiger partial charge in [0.2, 0.25) is 10.0 Å². The van der Waals surface area contributed by atoms with Crippen LogP contribution in [0.1, 0.15) is 33.9 Å². The first-order chi connectivity index (χ1) is 17.7. The summed E-state index contributed by atoms with van der Waals surface area (Å²) in [5.41, 5.74) is 2.48. The molecular formula is C26H22N4O5S2. The highest BCUT2D eigenvalue weighted by Crippen LogP contribution is 2.43. The maximum Gasteiger partial charge on any atom is 0.336 e. The van der Waals surface area contributed by atoms with Gasteiger partial charge >= 0.3 is 5.97 Å². The number of hydrogen-bond donors (Lipinski definition) is 3. The summed E-state index contributed by atoms with van der Waals surface area (Å²) in [4.78, 5) is 18.2. The highest BCUT2D eigenvalue weighted by atomic mass is 32.2. The van der Waals surface area contributed by atoms with Crippen LogP contribution in [0, 0.1) is 0 Å². The Morgan fingerprint density at radius 2 is 1.78 bits per heavy atom. The van der Waals surface area contributed by atoms with Gasteiger partial charge in [0, 0.05) is 23.1 Å². The van der Waals surface area contributed by atoms with Crippen molar-refractivity contribution < 1.29 is 22.7 Å². The lowest BCUT2D eigenvalue weighted by Gasteiger charge is -2.26. The Morgan fingerprint density at radius 1 is 1.05 bits per heavy atom. The van der Waals surface area contributed by atoms with E-state index in [1.165, 1.54) is 6.07 Å². The highest BCUT2D eigenvalue weighted by molar-refractivity contribution is 7.92. The lowest BCUT2D eigenvalue weighted by Crippen LogP contribution is -2.29. The molecule has 2 atom stereocenters. The van der Waals surface area contributed by atoms with Gasteiger partial charge in [-0.15, -0.1) is 0 Å². The zero-order valence-corrected chi connectivity index (χ0v) is 21.2. The average Bonchev–Trinajstić information content (AvgIpc) is 3.49. The first-order valence-corrected chi connectivity index (χ1v) is 13.5. The van der Waals surface area contributed by atoms with Crippen LogP contribution in [0.15, 0.2) is 89.5 Å². The third-order valence-electron chi connectivity index (χ3n) is 5.89. The molecule has 9 nitrogen and oxygen atoms in total. The third kappa shape index (κ3) is 5.04. The smallest absolute Gasteiger partial charge is 0.336 e. The molecule has 0 amide bonds. The van der Waals surface area contributed by atoms with Gasteiger partial charge in [-0.2, -0.15) is 0 Å². The molecule has 0 unspecified atom stereocenters. The Morgan fingerprint density at radius 3 is 2.46 bits per heavy atom. The molecule has 3 heterocycles. The molecule has 0 spiro atoms. The molecule has 0 radical (unpaired) electrons. The molecule has 1 saturated heterocycles. The van der Waals surface area contributed by atoms with Crippen LogP contribution >= 0.6 is 12.2 Å². The maximum absolute atomic E-state index is 11.8. The van der Waals surface area contributed by atoms with Crippen LogP contribution in [-0.4, -0.2) is 35.8 Å². The summed E-state index contributed by atoms with van der Waals surface area (Å²) in [5, 5.41) is 13.4. The van der Waals surface area contributed by atoms with Gasteiger partial charge < -0.3 is 19.7 Å².